The molecule has 4 rings (SSSR count). The molecule has 2 aromatic carbocycles. The lowest BCUT2D eigenvalue weighted by atomic mass is 9.80. The second-order valence-corrected chi connectivity index (χ2v) is 7.22. The van der Waals surface area contributed by atoms with Crippen molar-refractivity contribution < 1.29 is 31.6 Å². The van der Waals surface area contributed by atoms with Crippen LogP contribution in [-0.4, -0.2) is 25.0 Å². The number of benzene rings is 2. The predicted octanol–water partition coefficient (Wildman–Crippen LogP) is 4.32. The smallest absolute Gasteiger partial charge is 0.143 e. The molecular weight excluding hydrogens is 435 g/mol. The summed E-state index contributed by atoms with van der Waals surface area (Å²) >= 11 is 0. The maximum atomic E-state index is 14.6. The van der Waals surface area contributed by atoms with Crippen molar-refractivity contribution in [3.8, 4) is 11.3 Å². The molecule has 2 heterocycles. The number of halogens is 5. The molecule has 0 amide bonds. The van der Waals surface area contributed by atoms with Gasteiger partial charge in [0.1, 0.15) is 58.8 Å². The third-order valence-corrected chi connectivity index (χ3v) is 5.20. The van der Waals surface area contributed by atoms with Gasteiger partial charge >= 0.3 is 0 Å². The molecule has 0 saturated heterocycles. The summed E-state index contributed by atoms with van der Waals surface area (Å²) in [7, 11) is 0. The van der Waals surface area contributed by atoms with Crippen LogP contribution in [0.3, 0.4) is 0 Å². The minimum atomic E-state index is -2.05. The Morgan fingerprint density at radius 3 is 2.31 bits per heavy atom. The van der Waals surface area contributed by atoms with E-state index in [2.05, 4.69) is 15.2 Å². The fourth-order valence-electron chi connectivity index (χ4n) is 3.49. The van der Waals surface area contributed by atoms with Crippen LogP contribution < -0.4 is 0 Å². The Bertz CT molecular complexity index is 1240. The van der Waals surface area contributed by atoms with Gasteiger partial charge in [-0.2, -0.15) is 5.10 Å². The Kier molecular flexibility index (Phi) is 5.51. The molecule has 0 spiro atoms. The van der Waals surface area contributed by atoms with E-state index in [1.807, 2.05) is 0 Å². The van der Waals surface area contributed by atoms with E-state index < -0.39 is 46.2 Å². The first-order valence-electron chi connectivity index (χ1n) is 9.31. The summed E-state index contributed by atoms with van der Waals surface area (Å²) in [5, 5.41) is 19.1. The first-order chi connectivity index (χ1) is 15.2. The van der Waals surface area contributed by atoms with Gasteiger partial charge in [-0.3, -0.25) is 0 Å². The summed E-state index contributed by atoms with van der Waals surface area (Å²) in [6, 6.07) is 4.80. The topological polar surface area (TPSA) is 77.0 Å². The van der Waals surface area contributed by atoms with Gasteiger partial charge < -0.3 is 9.63 Å². The van der Waals surface area contributed by atoms with Gasteiger partial charge in [0.2, 0.25) is 0 Å². The van der Waals surface area contributed by atoms with Crippen molar-refractivity contribution in [3.63, 3.8) is 0 Å². The van der Waals surface area contributed by atoms with Gasteiger partial charge in [0.05, 0.1) is 18.0 Å². The summed E-state index contributed by atoms with van der Waals surface area (Å²) in [6.07, 6.45) is 2.49. The molecule has 1 N–H and O–H groups in total. The van der Waals surface area contributed by atoms with Crippen LogP contribution in [0, 0.1) is 29.1 Å². The average Bonchev–Trinajstić information content (AvgIpc) is 3.38. The number of rotatable bonds is 6. The van der Waals surface area contributed by atoms with Gasteiger partial charge in [-0.25, -0.2) is 31.6 Å². The lowest BCUT2D eigenvalue weighted by molar-refractivity contribution is -0.0181. The number of hydrogen-bond donors (Lipinski definition) is 1. The summed E-state index contributed by atoms with van der Waals surface area (Å²) < 4.78 is 76.0. The summed E-state index contributed by atoms with van der Waals surface area (Å²) in [5.41, 5.74) is -3.23. The van der Waals surface area contributed by atoms with E-state index in [4.69, 9.17) is 4.52 Å². The van der Waals surface area contributed by atoms with Gasteiger partial charge in [-0.05, 0) is 6.07 Å². The quantitative estimate of drug-likeness (QED) is 0.443. The van der Waals surface area contributed by atoms with Crippen molar-refractivity contribution in [3.05, 3.63) is 89.5 Å². The summed E-state index contributed by atoms with van der Waals surface area (Å²) in [5.74, 6) is -6.47. The third-order valence-electron chi connectivity index (χ3n) is 5.20. The van der Waals surface area contributed by atoms with E-state index in [0.29, 0.717) is 18.2 Å². The van der Waals surface area contributed by atoms with E-state index >= 15 is 0 Å². The van der Waals surface area contributed by atoms with Crippen LogP contribution in [0.25, 0.3) is 11.3 Å². The molecule has 0 saturated carbocycles. The molecule has 6 nitrogen and oxygen atoms in total. The van der Waals surface area contributed by atoms with E-state index in [1.165, 1.54) is 24.3 Å². The van der Waals surface area contributed by atoms with Crippen LogP contribution in [0.4, 0.5) is 22.0 Å². The predicted molar refractivity (Wildman–Crippen MR) is 101 cm³/mol. The van der Waals surface area contributed by atoms with Crippen LogP contribution in [0.1, 0.15) is 24.2 Å². The Hall–Kier alpha value is -3.60. The maximum absolute atomic E-state index is 14.6. The SMILES string of the molecule is C[C@@H](c1cc(-c2c(F)cc(F)cc2F)no1)[C@](O)(Cn1cncn1)c1ccc(F)cc1F. The molecule has 0 fully saturated rings. The van der Waals surface area contributed by atoms with Crippen LogP contribution in [-0.2, 0) is 12.1 Å². The van der Waals surface area contributed by atoms with Crippen molar-refractivity contribution in [2.75, 3.05) is 0 Å². The molecule has 4 aromatic rings. The van der Waals surface area contributed by atoms with Crippen LogP contribution in [0.2, 0.25) is 0 Å². The normalized spacial score (nSPS) is 14.3. The molecule has 0 bridgehead atoms. The molecule has 0 aliphatic rings. The Labute approximate surface area is 177 Å². The van der Waals surface area contributed by atoms with E-state index in [1.54, 1.807) is 0 Å². The molecule has 0 radical (unpaired) electrons. The van der Waals surface area contributed by atoms with Crippen LogP contribution in [0.15, 0.2) is 53.6 Å². The highest BCUT2D eigenvalue weighted by Gasteiger charge is 2.42. The van der Waals surface area contributed by atoms with Crippen molar-refractivity contribution in [2.45, 2.75) is 25.0 Å². The zero-order chi connectivity index (χ0) is 23.0. The van der Waals surface area contributed by atoms with Crippen molar-refractivity contribution in [1.82, 2.24) is 19.9 Å². The molecule has 2 atom stereocenters. The number of nitrogens with zero attached hydrogens (tertiary/aromatic N) is 4. The van der Waals surface area contributed by atoms with Gasteiger partial charge in [0, 0.05) is 29.8 Å². The molecule has 0 unspecified atom stereocenters. The molecule has 2 aromatic heterocycles. The molecule has 0 aliphatic heterocycles. The van der Waals surface area contributed by atoms with Crippen molar-refractivity contribution in [2.24, 2.45) is 0 Å². The second-order valence-electron chi connectivity index (χ2n) is 7.22. The molecule has 11 heteroatoms. The standard InChI is InChI=1S/C21H15F5N4O2/c1-11(19-7-18(29-32-19)20-16(25)5-13(23)6-17(20)26)21(31,8-30-10-27-9-28-30)14-3-2-12(22)4-15(14)24/h2-7,9-11,31H,8H2,1H3/t11-,21+/m0/s1. The summed E-state index contributed by atoms with van der Waals surface area (Å²) in [4.78, 5) is 3.78. The van der Waals surface area contributed by atoms with E-state index in [0.717, 1.165) is 18.2 Å². The minimum Gasteiger partial charge on any atom is -0.382 e. The van der Waals surface area contributed by atoms with Gasteiger partial charge in [-0.1, -0.05) is 18.1 Å². The first kappa shape index (κ1) is 21.6. The molecule has 32 heavy (non-hydrogen) atoms. The van der Waals surface area contributed by atoms with Gasteiger partial charge in [0.15, 0.2) is 0 Å². The number of aliphatic hydroxyl groups is 1. The van der Waals surface area contributed by atoms with Crippen molar-refractivity contribution in [1.29, 1.82) is 0 Å². The van der Waals surface area contributed by atoms with Gasteiger partial charge in [0.25, 0.3) is 0 Å². The fraction of sp³-hybridized carbons (Fsp3) is 0.190. The Morgan fingerprint density at radius 2 is 1.69 bits per heavy atom. The third kappa shape index (κ3) is 3.86. The number of hydrogen-bond acceptors (Lipinski definition) is 5. The lowest BCUT2D eigenvalue weighted by Gasteiger charge is -2.33. The highest BCUT2D eigenvalue weighted by Crippen LogP contribution is 2.41. The van der Waals surface area contributed by atoms with E-state index in [9.17, 15) is 27.1 Å². The highest BCUT2D eigenvalue weighted by molar-refractivity contribution is 5.60. The molecule has 166 valence electrons. The second kappa shape index (κ2) is 8.15. The zero-order valence-electron chi connectivity index (χ0n) is 16.4. The minimum absolute atomic E-state index is 0.0607. The largest absolute Gasteiger partial charge is 0.382 e. The molecular formula is C21H15F5N4O2. The number of aromatic nitrogens is 4. The fourth-order valence-corrected chi connectivity index (χ4v) is 3.49. The molecule has 0 aliphatic carbocycles. The Balaban J connectivity index is 1.78. The highest BCUT2D eigenvalue weighted by atomic mass is 19.2. The monoisotopic (exact) mass is 450 g/mol. The van der Waals surface area contributed by atoms with E-state index in [-0.39, 0.29) is 23.6 Å². The maximum Gasteiger partial charge on any atom is 0.143 e. The lowest BCUT2D eigenvalue weighted by Crippen LogP contribution is -2.38. The zero-order valence-corrected chi connectivity index (χ0v) is 16.4. The van der Waals surface area contributed by atoms with Crippen LogP contribution >= 0.6 is 0 Å². The average molecular weight is 450 g/mol. The summed E-state index contributed by atoms with van der Waals surface area (Å²) in [6.45, 7) is 1.15. The van der Waals surface area contributed by atoms with Gasteiger partial charge in [-0.15, -0.1) is 0 Å². The Morgan fingerprint density at radius 1 is 1.00 bits per heavy atom. The first-order valence-corrected chi connectivity index (χ1v) is 9.31. The van der Waals surface area contributed by atoms with Crippen molar-refractivity contribution >= 4 is 0 Å². The van der Waals surface area contributed by atoms with Crippen LogP contribution in [0.5, 0.6) is 0 Å².